The Kier molecular flexibility index (Phi) is 4.55. The summed E-state index contributed by atoms with van der Waals surface area (Å²) >= 11 is 0. The van der Waals surface area contributed by atoms with Gasteiger partial charge in [0.25, 0.3) is 0 Å². The van der Waals surface area contributed by atoms with Crippen molar-refractivity contribution >= 4 is 21.5 Å². The largest absolute Gasteiger partial charge is 0.496 e. The molecule has 18 heavy (non-hydrogen) atoms. The topological polar surface area (TPSA) is 95.7 Å². The Balaban J connectivity index is 2.75. The van der Waals surface area contributed by atoms with Gasteiger partial charge in [-0.15, -0.1) is 0 Å². The highest BCUT2D eigenvalue weighted by Gasteiger charge is 2.15. The molecular formula is C11H15NO5S. The number of carbonyl (C=O) groups excluding carboxylic acids is 1. The number of nitrogens with two attached hydrogens (primary N) is 1. The predicted octanol–water partition coefficient (Wildman–Crippen LogP) is 0.479. The van der Waals surface area contributed by atoms with Crippen LogP contribution >= 0.6 is 0 Å². The highest BCUT2D eigenvalue weighted by molar-refractivity contribution is 7.90. The molecule has 0 amide bonds. The molecule has 0 unspecified atom stereocenters. The molecule has 0 atom stereocenters. The average Bonchev–Trinajstić information content (AvgIpc) is 2.27. The average molecular weight is 273 g/mol. The molecule has 0 aliphatic carbocycles. The molecule has 0 saturated heterocycles. The summed E-state index contributed by atoms with van der Waals surface area (Å²) in [5.74, 6) is -0.556. The van der Waals surface area contributed by atoms with E-state index in [4.69, 9.17) is 15.2 Å². The standard InChI is InChI=1S/C11H15NO5S/c1-16-10-4-3-8(12)7-9(10)11(13)17-5-6-18(2,14)15/h3-4,7H,5-6,12H2,1-2H3. The van der Waals surface area contributed by atoms with Crippen LogP contribution in [0.15, 0.2) is 18.2 Å². The zero-order chi connectivity index (χ0) is 13.8. The van der Waals surface area contributed by atoms with Crippen molar-refractivity contribution in [3.8, 4) is 5.75 Å². The molecule has 0 spiro atoms. The van der Waals surface area contributed by atoms with Crippen LogP contribution in [-0.4, -0.2) is 40.1 Å². The zero-order valence-electron chi connectivity index (χ0n) is 10.2. The van der Waals surface area contributed by atoms with Crippen molar-refractivity contribution < 1.29 is 22.7 Å². The molecule has 0 aliphatic rings. The molecule has 0 heterocycles. The van der Waals surface area contributed by atoms with Crippen LogP contribution in [0.1, 0.15) is 10.4 Å². The molecule has 0 aromatic heterocycles. The molecule has 0 saturated carbocycles. The smallest absolute Gasteiger partial charge is 0.342 e. The number of carbonyl (C=O) groups is 1. The lowest BCUT2D eigenvalue weighted by Gasteiger charge is -2.09. The molecule has 0 aliphatic heterocycles. The van der Waals surface area contributed by atoms with Crippen molar-refractivity contribution in [2.24, 2.45) is 0 Å². The van der Waals surface area contributed by atoms with Gasteiger partial charge in [0.15, 0.2) is 9.84 Å². The van der Waals surface area contributed by atoms with E-state index in [1.807, 2.05) is 0 Å². The van der Waals surface area contributed by atoms with E-state index in [9.17, 15) is 13.2 Å². The predicted molar refractivity (Wildman–Crippen MR) is 67.4 cm³/mol. The fourth-order valence-electron chi connectivity index (χ4n) is 1.25. The third-order valence-electron chi connectivity index (χ3n) is 2.13. The van der Waals surface area contributed by atoms with Crippen LogP contribution in [0.3, 0.4) is 0 Å². The fourth-order valence-corrected chi connectivity index (χ4v) is 1.63. The third kappa shape index (κ3) is 4.25. The number of hydrogen-bond donors (Lipinski definition) is 1. The Bertz CT molecular complexity index is 538. The lowest BCUT2D eigenvalue weighted by Crippen LogP contribution is -2.15. The Hall–Kier alpha value is -1.76. The van der Waals surface area contributed by atoms with Crippen molar-refractivity contribution in [2.45, 2.75) is 0 Å². The Morgan fingerprint density at radius 2 is 2.06 bits per heavy atom. The monoisotopic (exact) mass is 273 g/mol. The first-order chi connectivity index (χ1) is 8.33. The van der Waals surface area contributed by atoms with E-state index >= 15 is 0 Å². The number of nitrogen functional groups attached to an aromatic ring is 1. The van der Waals surface area contributed by atoms with Gasteiger partial charge in [0, 0.05) is 11.9 Å². The second kappa shape index (κ2) is 5.72. The lowest BCUT2D eigenvalue weighted by atomic mass is 10.2. The van der Waals surface area contributed by atoms with E-state index in [0.717, 1.165) is 6.26 Å². The quantitative estimate of drug-likeness (QED) is 0.619. The highest BCUT2D eigenvalue weighted by Crippen LogP contribution is 2.21. The van der Waals surface area contributed by atoms with Gasteiger partial charge >= 0.3 is 5.97 Å². The zero-order valence-corrected chi connectivity index (χ0v) is 11.0. The van der Waals surface area contributed by atoms with Crippen molar-refractivity contribution in [2.75, 3.05) is 31.5 Å². The number of anilines is 1. The van der Waals surface area contributed by atoms with Crippen LogP contribution in [-0.2, 0) is 14.6 Å². The summed E-state index contributed by atoms with van der Waals surface area (Å²) < 4.78 is 31.6. The van der Waals surface area contributed by atoms with E-state index in [1.165, 1.54) is 13.2 Å². The second-order valence-corrected chi connectivity index (χ2v) is 5.99. The van der Waals surface area contributed by atoms with E-state index in [1.54, 1.807) is 12.1 Å². The van der Waals surface area contributed by atoms with Gasteiger partial charge in [-0.3, -0.25) is 0 Å². The summed E-state index contributed by atoms with van der Waals surface area (Å²) in [6.07, 6.45) is 1.07. The minimum Gasteiger partial charge on any atom is -0.496 e. The molecule has 2 N–H and O–H groups in total. The summed E-state index contributed by atoms with van der Waals surface area (Å²) in [5.41, 5.74) is 6.13. The second-order valence-electron chi connectivity index (χ2n) is 3.73. The SMILES string of the molecule is COc1ccc(N)cc1C(=O)OCCS(C)(=O)=O. The van der Waals surface area contributed by atoms with Crippen LogP contribution in [0.4, 0.5) is 5.69 Å². The molecule has 1 rings (SSSR count). The summed E-state index contributed by atoms with van der Waals surface area (Å²) in [6.45, 7) is -0.199. The molecule has 6 nitrogen and oxygen atoms in total. The lowest BCUT2D eigenvalue weighted by molar-refractivity contribution is 0.0526. The van der Waals surface area contributed by atoms with E-state index in [0.29, 0.717) is 11.4 Å². The maximum absolute atomic E-state index is 11.7. The van der Waals surface area contributed by atoms with Crippen molar-refractivity contribution in [3.05, 3.63) is 23.8 Å². The van der Waals surface area contributed by atoms with Crippen LogP contribution in [0.5, 0.6) is 5.75 Å². The number of benzene rings is 1. The first-order valence-corrected chi connectivity index (χ1v) is 7.18. The van der Waals surface area contributed by atoms with Crippen LogP contribution < -0.4 is 10.5 Å². The summed E-state index contributed by atoms with van der Waals surface area (Å²) in [7, 11) is -1.74. The first-order valence-electron chi connectivity index (χ1n) is 5.12. The number of ether oxygens (including phenoxy) is 2. The molecule has 0 fully saturated rings. The summed E-state index contributed by atoms with van der Waals surface area (Å²) in [5, 5.41) is 0. The highest BCUT2D eigenvalue weighted by atomic mass is 32.2. The number of hydrogen-bond acceptors (Lipinski definition) is 6. The molecule has 0 radical (unpaired) electrons. The Labute approximate surface area is 106 Å². The minimum atomic E-state index is -3.16. The maximum atomic E-state index is 11.7. The Morgan fingerprint density at radius 1 is 1.39 bits per heavy atom. The summed E-state index contributed by atoms with van der Waals surface area (Å²) in [6, 6.07) is 4.55. The van der Waals surface area contributed by atoms with Crippen molar-refractivity contribution in [1.82, 2.24) is 0 Å². The van der Waals surface area contributed by atoms with Crippen LogP contribution in [0.2, 0.25) is 0 Å². The van der Waals surface area contributed by atoms with Gasteiger partial charge in [0.1, 0.15) is 17.9 Å². The van der Waals surface area contributed by atoms with Gasteiger partial charge in [-0.05, 0) is 18.2 Å². The van der Waals surface area contributed by atoms with Gasteiger partial charge in [0.05, 0.1) is 12.9 Å². The molecule has 1 aromatic carbocycles. The third-order valence-corrected chi connectivity index (χ3v) is 3.04. The van der Waals surface area contributed by atoms with Crippen LogP contribution in [0.25, 0.3) is 0 Å². The van der Waals surface area contributed by atoms with E-state index < -0.39 is 15.8 Å². The maximum Gasteiger partial charge on any atom is 0.342 e. The molecular weight excluding hydrogens is 258 g/mol. The van der Waals surface area contributed by atoms with Gasteiger partial charge in [-0.25, -0.2) is 13.2 Å². The van der Waals surface area contributed by atoms with Crippen molar-refractivity contribution in [1.29, 1.82) is 0 Å². The fraction of sp³-hybridized carbons (Fsp3) is 0.364. The molecule has 100 valence electrons. The van der Waals surface area contributed by atoms with Gasteiger partial charge in [-0.2, -0.15) is 0 Å². The molecule has 7 heteroatoms. The minimum absolute atomic E-state index is 0.172. The molecule has 1 aromatic rings. The van der Waals surface area contributed by atoms with E-state index in [2.05, 4.69) is 0 Å². The van der Waals surface area contributed by atoms with E-state index in [-0.39, 0.29) is 17.9 Å². The number of rotatable bonds is 5. The number of methoxy groups -OCH3 is 1. The van der Waals surface area contributed by atoms with Gasteiger partial charge in [0.2, 0.25) is 0 Å². The normalized spacial score (nSPS) is 11.0. The molecule has 0 bridgehead atoms. The first kappa shape index (κ1) is 14.3. The number of esters is 1. The summed E-state index contributed by atoms with van der Waals surface area (Å²) in [4.78, 5) is 11.7. The van der Waals surface area contributed by atoms with Crippen molar-refractivity contribution in [3.63, 3.8) is 0 Å². The van der Waals surface area contributed by atoms with Gasteiger partial charge in [-0.1, -0.05) is 0 Å². The number of sulfone groups is 1. The Morgan fingerprint density at radius 3 is 2.61 bits per heavy atom. The van der Waals surface area contributed by atoms with Crippen LogP contribution in [0, 0.1) is 0 Å². The van der Waals surface area contributed by atoms with Gasteiger partial charge < -0.3 is 15.2 Å².